The van der Waals surface area contributed by atoms with Gasteiger partial charge in [-0.1, -0.05) is 5.92 Å². The molecule has 118 valence electrons. The van der Waals surface area contributed by atoms with Crippen molar-refractivity contribution in [3.63, 3.8) is 0 Å². The van der Waals surface area contributed by atoms with Gasteiger partial charge in [0.15, 0.2) is 0 Å². The Morgan fingerprint density at radius 3 is 2.87 bits per heavy atom. The first kappa shape index (κ1) is 15.1. The van der Waals surface area contributed by atoms with Crippen LogP contribution in [-0.4, -0.2) is 26.1 Å². The molecule has 0 aliphatic heterocycles. The molecular formula is C17H19N5O. The number of carbonyl (C=O) groups excluding carboxylic acids is 1. The van der Waals surface area contributed by atoms with Gasteiger partial charge in [0.05, 0.1) is 18.2 Å². The zero-order chi connectivity index (χ0) is 16.3. The molecule has 0 atom stereocenters. The van der Waals surface area contributed by atoms with Crippen molar-refractivity contribution in [2.75, 3.05) is 5.32 Å². The second kappa shape index (κ2) is 6.13. The number of rotatable bonds is 2. The van der Waals surface area contributed by atoms with Crippen molar-refractivity contribution in [1.29, 1.82) is 0 Å². The summed E-state index contributed by atoms with van der Waals surface area (Å²) >= 11 is 0. The van der Waals surface area contributed by atoms with E-state index < -0.39 is 5.54 Å². The van der Waals surface area contributed by atoms with Crippen LogP contribution in [0.4, 0.5) is 10.5 Å². The number of amides is 2. The van der Waals surface area contributed by atoms with Crippen molar-refractivity contribution in [3.05, 3.63) is 42.2 Å². The third kappa shape index (κ3) is 3.51. The highest BCUT2D eigenvalue weighted by Crippen LogP contribution is 2.31. The fourth-order valence-corrected chi connectivity index (χ4v) is 2.44. The number of hydrogen-bond acceptors (Lipinski definition) is 3. The third-order valence-electron chi connectivity index (χ3n) is 3.98. The van der Waals surface area contributed by atoms with Gasteiger partial charge in [0.1, 0.15) is 11.2 Å². The van der Waals surface area contributed by atoms with E-state index in [4.69, 9.17) is 0 Å². The van der Waals surface area contributed by atoms with Crippen LogP contribution in [0, 0.1) is 18.8 Å². The van der Waals surface area contributed by atoms with Crippen LogP contribution in [-0.2, 0) is 7.05 Å². The Kier molecular flexibility index (Phi) is 4.02. The second-order valence-corrected chi connectivity index (χ2v) is 5.88. The maximum Gasteiger partial charge on any atom is 0.320 e. The first-order chi connectivity index (χ1) is 11.1. The maximum atomic E-state index is 12.3. The average Bonchev–Trinajstić information content (AvgIpc) is 2.90. The molecule has 2 amide bonds. The lowest BCUT2D eigenvalue weighted by atomic mass is 9.77. The average molecular weight is 309 g/mol. The molecule has 23 heavy (non-hydrogen) atoms. The number of nitrogens with zero attached hydrogens (tertiary/aromatic N) is 3. The molecule has 2 N–H and O–H groups in total. The number of anilines is 1. The number of nitrogens with one attached hydrogen (secondary N) is 2. The quantitative estimate of drug-likeness (QED) is 0.836. The van der Waals surface area contributed by atoms with Crippen LogP contribution in [0.5, 0.6) is 0 Å². The summed E-state index contributed by atoms with van der Waals surface area (Å²) in [6.45, 7) is 1.93. The third-order valence-corrected chi connectivity index (χ3v) is 3.98. The molecule has 0 spiro atoms. The Morgan fingerprint density at radius 2 is 2.26 bits per heavy atom. The summed E-state index contributed by atoms with van der Waals surface area (Å²) in [5, 5.41) is 5.83. The molecule has 3 rings (SSSR count). The molecule has 0 saturated heterocycles. The van der Waals surface area contributed by atoms with E-state index in [9.17, 15) is 4.79 Å². The fraction of sp³-hybridized carbons (Fsp3) is 0.353. The summed E-state index contributed by atoms with van der Waals surface area (Å²) in [5.41, 5.74) is 1.93. The normalized spacial score (nSPS) is 15.0. The van der Waals surface area contributed by atoms with Crippen molar-refractivity contribution >= 4 is 11.7 Å². The van der Waals surface area contributed by atoms with E-state index in [1.165, 1.54) is 0 Å². The molecule has 0 radical (unpaired) electrons. The van der Waals surface area contributed by atoms with Gasteiger partial charge < -0.3 is 15.2 Å². The minimum Gasteiger partial charge on any atom is -0.339 e. The van der Waals surface area contributed by atoms with Crippen molar-refractivity contribution in [1.82, 2.24) is 19.9 Å². The summed E-state index contributed by atoms with van der Waals surface area (Å²) in [6.07, 6.45) is 9.68. The van der Waals surface area contributed by atoms with Gasteiger partial charge in [-0.15, -0.1) is 0 Å². The molecule has 0 unspecified atom stereocenters. The lowest BCUT2D eigenvalue weighted by Crippen LogP contribution is -2.53. The van der Waals surface area contributed by atoms with Crippen LogP contribution >= 0.6 is 0 Å². The Balaban J connectivity index is 1.68. The zero-order valence-corrected chi connectivity index (χ0v) is 13.3. The van der Waals surface area contributed by atoms with Crippen molar-refractivity contribution in [2.24, 2.45) is 7.05 Å². The van der Waals surface area contributed by atoms with Gasteiger partial charge >= 0.3 is 6.03 Å². The van der Waals surface area contributed by atoms with E-state index in [1.807, 2.05) is 30.8 Å². The Labute approximate surface area is 135 Å². The first-order valence-electron chi connectivity index (χ1n) is 7.57. The fourth-order valence-electron chi connectivity index (χ4n) is 2.44. The highest BCUT2D eigenvalue weighted by Gasteiger charge is 2.37. The topological polar surface area (TPSA) is 71.8 Å². The Hall–Kier alpha value is -2.81. The number of aryl methyl sites for hydroxylation is 2. The number of pyridine rings is 1. The molecule has 2 heterocycles. The van der Waals surface area contributed by atoms with Crippen LogP contribution < -0.4 is 10.6 Å². The monoisotopic (exact) mass is 309 g/mol. The molecule has 1 aliphatic rings. The second-order valence-electron chi connectivity index (χ2n) is 5.88. The molecule has 0 bridgehead atoms. The van der Waals surface area contributed by atoms with E-state index in [0.29, 0.717) is 11.4 Å². The molecule has 6 nitrogen and oxygen atoms in total. The Morgan fingerprint density at radius 1 is 1.43 bits per heavy atom. The number of urea groups is 1. The van der Waals surface area contributed by atoms with E-state index in [-0.39, 0.29) is 6.03 Å². The first-order valence-corrected chi connectivity index (χ1v) is 7.57. The van der Waals surface area contributed by atoms with Gasteiger partial charge in [0.25, 0.3) is 0 Å². The van der Waals surface area contributed by atoms with Crippen LogP contribution in [0.3, 0.4) is 0 Å². The molecule has 2 aromatic heterocycles. The smallest absolute Gasteiger partial charge is 0.320 e. The van der Waals surface area contributed by atoms with E-state index >= 15 is 0 Å². The Bertz CT molecular complexity index is 780. The summed E-state index contributed by atoms with van der Waals surface area (Å²) in [7, 11) is 1.90. The highest BCUT2D eigenvalue weighted by molar-refractivity contribution is 5.90. The number of aromatic nitrogens is 3. The van der Waals surface area contributed by atoms with Crippen LogP contribution in [0.25, 0.3) is 0 Å². The molecule has 1 fully saturated rings. The SMILES string of the molecule is Cc1ccncc1NC(=O)NC1(C#Cc2cn(C)cn2)CCC1. The van der Waals surface area contributed by atoms with Gasteiger partial charge in [-0.3, -0.25) is 4.98 Å². The lowest BCUT2D eigenvalue weighted by molar-refractivity contribution is 0.222. The van der Waals surface area contributed by atoms with Crippen LogP contribution in [0.15, 0.2) is 31.0 Å². The van der Waals surface area contributed by atoms with Crippen LogP contribution in [0.2, 0.25) is 0 Å². The predicted molar refractivity (Wildman–Crippen MR) is 87.8 cm³/mol. The summed E-state index contributed by atoms with van der Waals surface area (Å²) < 4.78 is 1.85. The molecule has 2 aromatic rings. The van der Waals surface area contributed by atoms with Gasteiger partial charge in [-0.25, -0.2) is 9.78 Å². The predicted octanol–water partition coefficient (Wildman–Crippen LogP) is 2.22. The van der Waals surface area contributed by atoms with Gasteiger partial charge in [-0.2, -0.15) is 0 Å². The van der Waals surface area contributed by atoms with E-state index in [0.717, 1.165) is 24.8 Å². The van der Waals surface area contributed by atoms with E-state index in [2.05, 4.69) is 32.4 Å². The highest BCUT2D eigenvalue weighted by atomic mass is 16.2. The number of imidazole rings is 1. The maximum absolute atomic E-state index is 12.3. The minimum absolute atomic E-state index is 0.254. The zero-order valence-electron chi connectivity index (χ0n) is 13.3. The van der Waals surface area contributed by atoms with Gasteiger partial charge in [-0.05, 0) is 43.7 Å². The summed E-state index contributed by atoms with van der Waals surface area (Å²) in [6, 6.07) is 1.60. The van der Waals surface area contributed by atoms with Crippen molar-refractivity contribution in [2.45, 2.75) is 31.7 Å². The van der Waals surface area contributed by atoms with E-state index in [1.54, 1.807) is 18.7 Å². The van der Waals surface area contributed by atoms with Gasteiger partial charge in [0, 0.05) is 19.4 Å². The molecule has 1 saturated carbocycles. The summed E-state index contributed by atoms with van der Waals surface area (Å²) in [4.78, 5) is 20.5. The standard InChI is InChI=1S/C17H19N5O/c1-13-5-9-18-10-15(13)20-16(23)21-17(6-3-7-17)8-4-14-11-22(2)12-19-14/h5,9-12H,3,6-7H2,1-2H3,(H2,20,21,23). The molecule has 6 heteroatoms. The number of hydrogen-bond donors (Lipinski definition) is 2. The minimum atomic E-state index is -0.461. The van der Waals surface area contributed by atoms with Crippen molar-refractivity contribution in [3.8, 4) is 11.8 Å². The molecule has 0 aromatic carbocycles. The lowest BCUT2D eigenvalue weighted by Gasteiger charge is -2.37. The largest absolute Gasteiger partial charge is 0.339 e. The van der Waals surface area contributed by atoms with Crippen LogP contribution in [0.1, 0.15) is 30.5 Å². The summed E-state index contributed by atoms with van der Waals surface area (Å²) in [5.74, 6) is 6.23. The number of carbonyl (C=O) groups is 1. The molecule has 1 aliphatic carbocycles. The van der Waals surface area contributed by atoms with Gasteiger partial charge in [0.2, 0.25) is 0 Å². The van der Waals surface area contributed by atoms with Crippen molar-refractivity contribution < 1.29 is 4.79 Å². The molecular weight excluding hydrogens is 290 g/mol.